The fourth-order valence-corrected chi connectivity index (χ4v) is 0.961. The average Bonchev–Trinajstić information content (AvgIpc) is 2.14. The number of methoxy groups -OCH3 is 1. The van der Waals surface area contributed by atoms with E-state index < -0.39 is 0 Å². The summed E-state index contributed by atoms with van der Waals surface area (Å²) in [4.78, 5) is 4.41. The summed E-state index contributed by atoms with van der Waals surface area (Å²) in [6.07, 6.45) is 3.76. The van der Waals surface area contributed by atoms with Gasteiger partial charge in [-0.2, -0.15) is 0 Å². The van der Waals surface area contributed by atoms with E-state index in [1.165, 1.54) is 0 Å². The smallest absolute Gasteiger partial charge is 0.0543 e. The fourth-order valence-electron chi connectivity index (χ4n) is 0.961. The molecule has 0 aliphatic carbocycles. The molecule has 0 saturated carbocycles. The standard InChI is InChI=1S/C11H19NO/c1-6-10(4)12-11(7-2)9(3)8-13-5/h6-7,9H,2,8H2,1,3-5H3/b10-6-,12-11+. The molecule has 1 unspecified atom stereocenters. The van der Waals surface area contributed by atoms with Crippen molar-refractivity contribution >= 4 is 5.71 Å². The van der Waals surface area contributed by atoms with Crippen LogP contribution in [-0.4, -0.2) is 19.4 Å². The van der Waals surface area contributed by atoms with E-state index in [1.54, 1.807) is 13.2 Å². The highest BCUT2D eigenvalue weighted by atomic mass is 16.5. The van der Waals surface area contributed by atoms with Crippen molar-refractivity contribution in [2.75, 3.05) is 13.7 Å². The van der Waals surface area contributed by atoms with Gasteiger partial charge >= 0.3 is 0 Å². The fraction of sp³-hybridized carbons (Fsp3) is 0.545. The first kappa shape index (κ1) is 12.1. The second-order valence-corrected chi connectivity index (χ2v) is 3.03. The lowest BCUT2D eigenvalue weighted by atomic mass is 10.1. The third kappa shape index (κ3) is 4.63. The Hall–Kier alpha value is -0.890. The molecule has 0 saturated heterocycles. The minimum absolute atomic E-state index is 0.303. The maximum atomic E-state index is 5.05. The first-order chi connectivity index (χ1) is 6.15. The van der Waals surface area contributed by atoms with Gasteiger partial charge in [-0.1, -0.05) is 19.6 Å². The maximum absolute atomic E-state index is 5.05. The number of aliphatic imine (C=N–C) groups is 1. The SMILES string of the molecule is C=C/C(=N\C(C)=C/C)C(C)COC. The van der Waals surface area contributed by atoms with E-state index in [0.29, 0.717) is 12.5 Å². The Balaban J connectivity index is 4.49. The Morgan fingerprint density at radius 1 is 1.62 bits per heavy atom. The lowest BCUT2D eigenvalue weighted by molar-refractivity contribution is 0.182. The summed E-state index contributed by atoms with van der Waals surface area (Å²) in [5.74, 6) is 0.303. The number of ether oxygens (including phenoxy) is 1. The topological polar surface area (TPSA) is 21.6 Å². The number of hydrogen-bond donors (Lipinski definition) is 0. The molecule has 0 aliphatic heterocycles. The zero-order chi connectivity index (χ0) is 10.3. The van der Waals surface area contributed by atoms with E-state index in [1.807, 2.05) is 19.9 Å². The summed E-state index contributed by atoms with van der Waals surface area (Å²) in [6, 6.07) is 0. The highest BCUT2D eigenvalue weighted by Gasteiger charge is 2.06. The lowest BCUT2D eigenvalue weighted by Crippen LogP contribution is -2.14. The first-order valence-electron chi connectivity index (χ1n) is 4.48. The van der Waals surface area contributed by atoms with Crippen LogP contribution in [0, 0.1) is 5.92 Å². The molecule has 2 nitrogen and oxygen atoms in total. The van der Waals surface area contributed by atoms with E-state index in [0.717, 1.165) is 11.4 Å². The molecule has 0 radical (unpaired) electrons. The normalized spacial score (nSPS) is 15.7. The summed E-state index contributed by atoms with van der Waals surface area (Å²) in [6.45, 7) is 10.4. The molecule has 13 heavy (non-hydrogen) atoms. The van der Waals surface area contributed by atoms with Gasteiger partial charge in [0.15, 0.2) is 0 Å². The van der Waals surface area contributed by atoms with Crippen LogP contribution in [0.1, 0.15) is 20.8 Å². The largest absolute Gasteiger partial charge is 0.384 e. The Labute approximate surface area is 81.0 Å². The van der Waals surface area contributed by atoms with E-state index >= 15 is 0 Å². The molecule has 0 aromatic rings. The Bertz CT molecular complexity index is 216. The van der Waals surface area contributed by atoms with Crippen LogP contribution in [0.25, 0.3) is 0 Å². The van der Waals surface area contributed by atoms with Crippen LogP contribution in [0.3, 0.4) is 0 Å². The molecule has 0 amide bonds. The molecule has 0 aliphatic rings. The zero-order valence-electron chi connectivity index (χ0n) is 9.00. The van der Waals surface area contributed by atoms with Crippen LogP contribution < -0.4 is 0 Å². The maximum Gasteiger partial charge on any atom is 0.0543 e. The van der Waals surface area contributed by atoms with Gasteiger partial charge in [-0.25, -0.2) is 0 Å². The van der Waals surface area contributed by atoms with E-state index in [-0.39, 0.29) is 0 Å². The van der Waals surface area contributed by atoms with Crippen LogP contribution in [0.5, 0.6) is 0 Å². The van der Waals surface area contributed by atoms with Crippen LogP contribution in [-0.2, 0) is 4.74 Å². The molecular weight excluding hydrogens is 162 g/mol. The van der Waals surface area contributed by atoms with Crippen molar-refractivity contribution < 1.29 is 4.74 Å². The van der Waals surface area contributed by atoms with E-state index in [2.05, 4.69) is 18.5 Å². The summed E-state index contributed by atoms with van der Waals surface area (Å²) in [5, 5.41) is 0. The average molecular weight is 181 g/mol. The van der Waals surface area contributed by atoms with Crippen LogP contribution in [0.2, 0.25) is 0 Å². The molecule has 0 bridgehead atoms. The molecule has 0 rings (SSSR count). The molecular formula is C11H19NO. The van der Waals surface area contributed by atoms with Crippen molar-refractivity contribution in [1.82, 2.24) is 0 Å². The van der Waals surface area contributed by atoms with Crippen molar-refractivity contribution in [3.8, 4) is 0 Å². The summed E-state index contributed by atoms with van der Waals surface area (Å²) >= 11 is 0. The predicted molar refractivity (Wildman–Crippen MR) is 58.1 cm³/mol. The molecule has 1 atom stereocenters. The van der Waals surface area contributed by atoms with Crippen LogP contribution in [0.15, 0.2) is 29.4 Å². The monoisotopic (exact) mass is 181 g/mol. The molecule has 0 fully saturated rings. The summed E-state index contributed by atoms with van der Waals surface area (Å²) < 4.78 is 5.05. The van der Waals surface area contributed by atoms with Crippen molar-refractivity contribution in [1.29, 1.82) is 0 Å². The van der Waals surface area contributed by atoms with E-state index in [9.17, 15) is 0 Å². The van der Waals surface area contributed by atoms with Crippen LogP contribution >= 0.6 is 0 Å². The third-order valence-electron chi connectivity index (χ3n) is 1.85. The Morgan fingerprint density at radius 3 is 2.62 bits per heavy atom. The lowest BCUT2D eigenvalue weighted by Gasteiger charge is -2.10. The van der Waals surface area contributed by atoms with Crippen molar-refractivity contribution in [3.05, 3.63) is 24.4 Å². The van der Waals surface area contributed by atoms with Crippen molar-refractivity contribution in [2.24, 2.45) is 10.9 Å². The first-order valence-corrected chi connectivity index (χ1v) is 4.48. The van der Waals surface area contributed by atoms with Gasteiger partial charge in [-0.15, -0.1) is 0 Å². The molecule has 74 valence electrons. The van der Waals surface area contributed by atoms with Gasteiger partial charge in [0.2, 0.25) is 0 Å². The molecule has 0 spiro atoms. The van der Waals surface area contributed by atoms with Gasteiger partial charge < -0.3 is 4.74 Å². The quantitative estimate of drug-likeness (QED) is 0.598. The van der Waals surface area contributed by atoms with Gasteiger partial charge in [0.25, 0.3) is 0 Å². The highest BCUT2D eigenvalue weighted by Crippen LogP contribution is 2.05. The molecule has 0 N–H and O–H groups in total. The molecule has 0 aromatic heterocycles. The van der Waals surface area contributed by atoms with Gasteiger partial charge in [-0.3, -0.25) is 4.99 Å². The second kappa shape index (κ2) is 6.61. The Morgan fingerprint density at radius 2 is 2.23 bits per heavy atom. The van der Waals surface area contributed by atoms with Gasteiger partial charge in [0.05, 0.1) is 6.61 Å². The Kier molecular flexibility index (Phi) is 6.15. The molecule has 2 heteroatoms. The molecule has 0 heterocycles. The second-order valence-electron chi connectivity index (χ2n) is 3.03. The third-order valence-corrected chi connectivity index (χ3v) is 1.85. The number of rotatable bonds is 5. The highest BCUT2D eigenvalue weighted by molar-refractivity contribution is 5.96. The van der Waals surface area contributed by atoms with E-state index in [4.69, 9.17) is 4.74 Å². The summed E-state index contributed by atoms with van der Waals surface area (Å²) in [7, 11) is 1.69. The number of hydrogen-bond acceptors (Lipinski definition) is 2. The van der Waals surface area contributed by atoms with Gasteiger partial charge in [-0.05, 0) is 19.9 Å². The van der Waals surface area contributed by atoms with Crippen molar-refractivity contribution in [2.45, 2.75) is 20.8 Å². The van der Waals surface area contributed by atoms with Gasteiger partial charge in [0.1, 0.15) is 0 Å². The minimum atomic E-state index is 0.303. The van der Waals surface area contributed by atoms with Crippen molar-refractivity contribution in [3.63, 3.8) is 0 Å². The summed E-state index contributed by atoms with van der Waals surface area (Å²) in [5.41, 5.74) is 2.00. The number of allylic oxidation sites excluding steroid dienone is 3. The minimum Gasteiger partial charge on any atom is -0.384 e. The predicted octanol–water partition coefficient (Wildman–Crippen LogP) is 2.82. The van der Waals surface area contributed by atoms with Gasteiger partial charge in [0, 0.05) is 24.4 Å². The molecule has 0 aromatic carbocycles. The van der Waals surface area contributed by atoms with Crippen LogP contribution in [0.4, 0.5) is 0 Å². The zero-order valence-corrected chi connectivity index (χ0v) is 9.00. The number of nitrogens with zero attached hydrogens (tertiary/aromatic N) is 1.